The van der Waals surface area contributed by atoms with E-state index < -0.39 is 0 Å². The van der Waals surface area contributed by atoms with Crippen LogP contribution in [0.2, 0.25) is 10.0 Å². The maximum atomic E-state index is 10.1. The van der Waals surface area contributed by atoms with Crippen LogP contribution in [0.25, 0.3) is 0 Å². The number of rotatable bonds is 3. The third-order valence-electron chi connectivity index (χ3n) is 1.36. The van der Waals surface area contributed by atoms with Gasteiger partial charge in [-0.15, -0.1) is 0 Å². The molecule has 0 radical (unpaired) electrons. The molecule has 0 fully saturated rings. The molecule has 0 saturated carbocycles. The molecular weight excluding hydrogens is 215 g/mol. The van der Waals surface area contributed by atoms with Crippen molar-refractivity contribution in [3.05, 3.63) is 22.2 Å². The van der Waals surface area contributed by atoms with Gasteiger partial charge in [0.05, 0.1) is 12.1 Å². The molecule has 1 aromatic carbocycles. The van der Waals surface area contributed by atoms with Gasteiger partial charge in [-0.25, -0.2) is 0 Å². The normalized spacial score (nSPS) is 9.46. The molecule has 0 spiro atoms. The average molecular weight is 221 g/mol. The second-order valence-corrected chi connectivity index (χ2v) is 2.98. The Morgan fingerprint density at radius 1 is 1.38 bits per heavy atom. The highest BCUT2D eigenvalue weighted by molar-refractivity contribution is 6.36. The summed E-state index contributed by atoms with van der Waals surface area (Å²) in [7, 11) is 1.43. The Bertz CT molecular complexity index is 325. The van der Waals surface area contributed by atoms with Gasteiger partial charge < -0.3 is 9.47 Å². The largest absolute Gasteiger partial charge is 0.493 e. The van der Waals surface area contributed by atoms with E-state index in [9.17, 15) is 4.79 Å². The fraction of sp³-hybridized carbons (Fsp3) is 0.125. The molecule has 0 aliphatic rings. The predicted octanol–water partition coefficient (Wildman–Crippen LogP) is 2.54. The third-order valence-corrected chi connectivity index (χ3v) is 1.86. The monoisotopic (exact) mass is 220 g/mol. The van der Waals surface area contributed by atoms with Crippen LogP contribution in [0, 0.1) is 0 Å². The van der Waals surface area contributed by atoms with Crippen molar-refractivity contribution >= 4 is 29.7 Å². The summed E-state index contributed by atoms with van der Waals surface area (Å²) in [6.45, 7) is 0.275. The predicted molar refractivity (Wildman–Crippen MR) is 49.7 cm³/mol. The van der Waals surface area contributed by atoms with Crippen LogP contribution in [0.15, 0.2) is 12.1 Å². The maximum absolute atomic E-state index is 10.1. The number of hydrogen-bond acceptors (Lipinski definition) is 3. The summed E-state index contributed by atoms with van der Waals surface area (Å²) in [5, 5.41) is 0.650. The van der Waals surface area contributed by atoms with Gasteiger partial charge in [-0.3, -0.25) is 4.79 Å². The SMILES string of the molecule is COc1cc(Cl)cc(Cl)c1OC=O. The van der Waals surface area contributed by atoms with Crippen LogP contribution in [0.4, 0.5) is 0 Å². The van der Waals surface area contributed by atoms with Gasteiger partial charge in [-0.05, 0) is 6.07 Å². The molecule has 70 valence electrons. The molecule has 0 bridgehead atoms. The first kappa shape index (κ1) is 10.2. The van der Waals surface area contributed by atoms with E-state index in [0.717, 1.165) is 0 Å². The second kappa shape index (κ2) is 4.35. The van der Waals surface area contributed by atoms with E-state index in [4.69, 9.17) is 27.9 Å². The number of methoxy groups -OCH3 is 1. The minimum Gasteiger partial charge on any atom is -0.493 e. The lowest BCUT2D eigenvalue weighted by Crippen LogP contribution is -1.94. The molecule has 0 amide bonds. The first-order valence-corrected chi connectivity index (χ1v) is 4.08. The quantitative estimate of drug-likeness (QED) is 0.735. The Morgan fingerprint density at radius 2 is 2.08 bits per heavy atom. The first-order chi connectivity index (χ1) is 6.19. The summed E-state index contributed by atoms with van der Waals surface area (Å²) in [5.74, 6) is 0.494. The summed E-state index contributed by atoms with van der Waals surface area (Å²) in [4.78, 5) is 10.1. The van der Waals surface area contributed by atoms with Crippen molar-refractivity contribution in [3.63, 3.8) is 0 Å². The van der Waals surface area contributed by atoms with Gasteiger partial charge in [0.25, 0.3) is 6.47 Å². The second-order valence-electron chi connectivity index (χ2n) is 2.13. The molecule has 0 saturated heterocycles. The van der Waals surface area contributed by atoms with Crippen molar-refractivity contribution in [1.29, 1.82) is 0 Å². The highest BCUT2D eigenvalue weighted by Crippen LogP contribution is 2.37. The van der Waals surface area contributed by atoms with Crippen molar-refractivity contribution in [2.75, 3.05) is 7.11 Å². The van der Waals surface area contributed by atoms with Crippen LogP contribution in [-0.2, 0) is 4.79 Å². The molecule has 0 unspecified atom stereocenters. The highest BCUT2D eigenvalue weighted by Gasteiger charge is 2.10. The average Bonchev–Trinajstić information content (AvgIpc) is 2.09. The zero-order valence-electron chi connectivity index (χ0n) is 6.71. The Balaban J connectivity index is 3.20. The number of ether oxygens (including phenoxy) is 2. The van der Waals surface area contributed by atoms with Gasteiger partial charge in [0.2, 0.25) is 0 Å². The summed E-state index contributed by atoms with van der Waals surface area (Å²) in [6, 6.07) is 2.97. The van der Waals surface area contributed by atoms with E-state index in [1.54, 1.807) is 0 Å². The van der Waals surface area contributed by atoms with Crippen molar-refractivity contribution in [1.82, 2.24) is 0 Å². The number of halogens is 2. The van der Waals surface area contributed by atoms with E-state index in [0.29, 0.717) is 10.8 Å². The summed E-state index contributed by atoms with van der Waals surface area (Å²) < 4.78 is 9.52. The van der Waals surface area contributed by atoms with E-state index in [-0.39, 0.29) is 17.2 Å². The molecule has 0 N–H and O–H groups in total. The van der Waals surface area contributed by atoms with Crippen molar-refractivity contribution in [2.45, 2.75) is 0 Å². The number of carbonyl (C=O) groups is 1. The molecule has 0 aliphatic heterocycles. The Kier molecular flexibility index (Phi) is 3.39. The number of carbonyl (C=O) groups excluding carboxylic acids is 1. The molecule has 13 heavy (non-hydrogen) atoms. The fourth-order valence-electron chi connectivity index (χ4n) is 0.851. The Morgan fingerprint density at radius 3 is 2.62 bits per heavy atom. The van der Waals surface area contributed by atoms with Crippen molar-refractivity contribution in [3.8, 4) is 11.5 Å². The van der Waals surface area contributed by atoms with Crippen molar-refractivity contribution in [2.24, 2.45) is 0 Å². The van der Waals surface area contributed by atoms with Crippen LogP contribution < -0.4 is 9.47 Å². The summed E-state index contributed by atoms with van der Waals surface area (Å²) in [6.07, 6.45) is 0. The van der Waals surface area contributed by atoms with Crippen LogP contribution in [0.1, 0.15) is 0 Å². The highest BCUT2D eigenvalue weighted by atomic mass is 35.5. The summed E-state index contributed by atoms with van der Waals surface area (Å²) in [5.41, 5.74) is 0. The number of hydrogen-bond donors (Lipinski definition) is 0. The van der Waals surface area contributed by atoms with Gasteiger partial charge in [0.15, 0.2) is 11.5 Å². The van der Waals surface area contributed by atoms with E-state index in [1.807, 2.05) is 0 Å². The fourth-order valence-corrected chi connectivity index (χ4v) is 1.37. The van der Waals surface area contributed by atoms with Crippen LogP contribution in [0.5, 0.6) is 11.5 Å². The van der Waals surface area contributed by atoms with Gasteiger partial charge in [-0.1, -0.05) is 23.2 Å². The van der Waals surface area contributed by atoms with Crippen LogP contribution in [0.3, 0.4) is 0 Å². The Labute approximate surface area is 85.2 Å². The molecule has 1 aromatic rings. The first-order valence-electron chi connectivity index (χ1n) is 3.32. The molecule has 0 heterocycles. The molecule has 1 rings (SSSR count). The summed E-state index contributed by atoms with van der Waals surface area (Å²) >= 11 is 11.4. The lowest BCUT2D eigenvalue weighted by atomic mass is 10.3. The van der Waals surface area contributed by atoms with Gasteiger partial charge in [-0.2, -0.15) is 0 Å². The zero-order chi connectivity index (χ0) is 9.84. The number of benzene rings is 1. The van der Waals surface area contributed by atoms with Gasteiger partial charge in [0, 0.05) is 11.1 Å². The van der Waals surface area contributed by atoms with E-state index >= 15 is 0 Å². The minimum absolute atomic E-state index is 0.170. The topological polar surface area (TPSA) is 35.5 Å². The third kappa shape index (κ3) is 2.26. The van der Waals surface area contributed by atoms with Gasteiger partial charge >= 0.3 is 0 Å². The van der Waals surface area contributed by atoms with E-state index in [2.05, 4.69) is 4.74 Å². The zero-order valence-corrected chi connectivity index (χ0v) is 8.22. The Hall–Kier alpha value is -0.930. The van der Waals surface area contributed by atoms with Crippen molar-refractivity contribution < 1.29 is 14.3 Å². The van der Waals surface area contributed by atoms with Crippen LogP contribution >= 0.6 is 23.2 Å². The molecule has 0 aromatic heterocycles. The molecule has 5 heteroatoms. The maximum Gasteiger partial charge on any atom is 0.298 e. The molecule has 3 nitrogen and oxygen atoms in total. The standard InChI is InChI=1S/C8H6Cl2O3/c1-12-7-3-5(9)2-6(10)8(7)13-4-11/h2-4H,1H3. The molecular formula is C8H6Cl2O3. The van der Waals surface area contributed by atoms with Crippen LogP contribution in [-0.4, -0.2) is 13.6 Å². The van der Waals surface area contributed by atoms with Gasteiger partial charge in [0.1, 0.15) is 0 Å². The molecule has 0 atom stereocenters. The van der Waals surface area contributed by atoms with E-state index in [1.165, 1.54) is 19.2 Å². The minimum atomic E-state index is 0.170. The lowest BCUT2D eigenvalue weighted by Gasteiger charge is -2.07. The lowest BCUT2D eigenvalue weighted by molar-refractivity contribution is -0.120. The molecule has 0 aliphatic carbocycles. The smallest absolute Gasteiger partial charge is 0.298 e.